The molecule has 4 aromatic rings. The fourth-order valence-corrected chi connectivity index (χ4v) is 4.38. The molecular weight excluding hydrogens is 392 g/mol. The van der Waals surface area contributed by atoms with Crippen LogP contribution in [0.5, 0.6) is 5.75 Å². The largest absolute Gasteiger partial charge is 0.497 e. The van der Waals surface area contributed by atoms with Crippen molar-refractivity contribution in [2.24, 2.45) is 0 Å². The van der Waals surface area contributed by atoms with Crippen LogP contribution in [0.4, 0.5) is 0 Å². The SMILES string of the molecule is COc1ccc2[nH]c(C3(C)CCCN3C(=O)c3cc(C)ccc3-n3nccn3)nc2c1. The number of rotatable bonds is 4. The van der Waals surface area contributed by atoms with Gasteiger partial charge in [0.1, 0.15) is 11.6 Å². The Balaban J connectivity index is 1.56. The number of hydrogen-bond donors (Lipinski definition) is 1. The minimum atomic E-state index is -0.540. The molecule has 8 heteroatoms. The Hall–Kier alpha value is -3.68. The van der Waals surface area contributed by atoms with Gasteiger partial charge in [0, 0.05) is 12.6 Å². The van der Waals surface area contributed by atoms with Crippen molar-refractivity contribution in [1.29, 1.82) is 0 Å². The van der Waals surface area contributed by atoms with Gasteiger partial charge in [-0.15, -0.1) is 0 Å². The molecule has 1 N–H and O–H groups in total. The number of methoxy groups -OCH3 is 1. The first kappa shape index (κ1) is 19.3. The highest BCUT2D eigenvalue weighted by Gasteiger charge is 2.44. The molecule has 1 amide bonds. The molecule has 1 unspecified atom stereocenters. The van der Waals surface area contributed by atoms with Crippen LogP contribution in [0, 0.1) is 6.92 Å². The summed E-state index contributed by atoms with van der Waals surface area (Å²) in [6.07, 6.45) is 4.95. The van der Waals surface area contributed by atoms with Crippen molar-refractivity contribution in [3.63, 3.8) is 0 Å². The van der Waals surface area contributed by atoms with Gasteiger partial charge in [0.25, 0.3) is 5.91 Å². The van der Waals surface area contributed by atoms with Gasteiger partial charge in [-0.2, -0.15) is 15.0 Å². The summed E-state index contributed by atoms with van der Waals surface area (Å²) in [5.74, 6) is 1.49. The van der Waals surface area contributed by atoms with Crippen molar-refractivity contribution in [3.05, 3.63) is 65.7 Å². The highest BCUT2D eigenvalue weighted by molar-refractivity contribution is 5.98. The second-order valence-electron chi connectivity index (χ2n) is 8.14. The summed E-state index contributed by atoms with van der Waals surface area (Å²) in [6, 6.07) is 11.5. The van der Waals surface area contributed by atoms with Crippen LogP contribution in [0.15, 0.2) is 48.8 Å². The minimum Gasteiger partial charge on any atom is -0.497 e. The summed E-state index contributed by atoms with van der Waals surface area (Å²) in [6.45, 7) is 4.72. The topological polar surface area (TPSA) is 88.9 Å². The standard InChI is InChI=1S/C23H24N6O2/c1-15-5-8-20(29-24-10-11-25-29)17(13-15)21(30)28-12-4-9-23(28,2)22-26-18-7-6-16(31-3)14-19(18)27-22/h5-8,10-11,13-14H,4,9,12H2,1-3H3,(H,26,27). The summed E-state index contributed by atoms with van der Waals surface area (Å²) in [5, 5.41) is 8.46. The molecule has 1 saturated heterocycles. The van der Waals surface area contributed by atoms with Crippen LogP contribution in [0.3, 0.4) is 0 Å². The number of likely N-dealkylation sites (tertiary alicyclic amines) is 1. The van der Waals surface area contributed by atoms with E-state index in [-0.39, 0.29) is 5.91 Å². The van der Waals surface area contributed by atoms with Crippen molar-refractivity contribution >= 4 is 16.9 Å². The summed E-state index contributed by atoms with van der Waals surface area (Å²) >= 11 is 0. The first-order chi connectivity index (χ1) is 15.0. The van der Waals surface area contributed by atoms with Crippen molar-refractivity contribution in [3.8, 4) is 11.4 Å². The molecule has 1 aliphatic heterocycles. The Morgan fingerprint density at radius 1 is 1.16 bits per heavy atom. The number of fused-ring (bicyclic) bond motifs is 1. The number of nitrogens with zero attached hydrogens (tertiary/aromatic N) is 5. The highest BCUT2D eigenvalue weighted by atomic mass is 16.5. The van der Waals surface area contributed by atoms with E-state index in [1.54, 1.807) is 19.5 Å². The number of amides is 1. The molecule has 5 rings (SSSR count). The van der Waals surface area contributed by atoms with Gasteiger partial charge >= 0.3 is 0 Å². The van der Waals surface area contributed by atoms with Crippen molar-refractivity contribution < 1.29 is 9.53 Å². The van der Waals surface area contributed by atoms with Gasteiger partial charge in [-0.25, -0.2) is 4.98 Å². The maximum absolute atomic E-state index is 13.8. The molecule has 0 spiro atoms. The van der Waals surface area contributed by atoms with E-state index in [0.29, 0.717) is 17.8 Å². The maximum Gasteiger partial charge on any atom is 0.256 e. The fourth-order valence-electron chi connectivity index (χ4n) is 4.38. The molecule has 1 atom stereocenters. The van der Waals surface area contributed by atoms with Crippen molar-refractivity contribution in [2.75, 3.05) is 13.7 Å². The smallest absolute Gasteiger partial charge is 0.256 e. The molecule has 1 fully saturated rings. The third kappa shape index (κ3) is 3.15. The third-order valence-electron chi connectivity index (χ3n) is 6.10. The molecule has 2 aromatic heterocycles. The minimum absolute atomic E-state index is 0.0472. The monoisotopic (exact) mass is 416 g/mol. The Morgan fingerprint density at radius 3 is 2.74 bits per heavy atom. The molecule has 2 aromatic carbocycles. The first-order valence-electron chi connectivity index (χ1n) is 10.3. The number of nitrogens with one attached hydrogen (secondary N) is 1. The van der Waals surface area contributed by atoms with Gasteiger partial charge in [0.2, 0.25) is 0 Å². The van der Waals surface area contributed by atoms with E-state index in [1.807, 2.05) is 48.2 Å². The van der Waals surface area contributed by atoms with Crippen LogP contribution < -0.4 is 4.74 Å². The average molecular weight is 416 g/mol. The lowest BCUT2D eigenvalue weighted by Crippen LogP contribution is -2.44. The number of aryl methyl sites for hydroxylation is 1. The zero-order valence-electron chi connectivity index (χ0n) is 17.8. The zero-order valence-corrected chi connectivity index (χ0v) is 17.8. The molecular formula is C23H24N6O2. The number of aromatic amines is 1. The lowest BCUT2D eigenvalue weighted by atomic mass is 9.96. The molecule has 0 bridgehead atoms. The van der Waals surface area contributed by atoms with Crippen molar-refractivity contribution in [1.82, 2.24) is 29.9 Å². The second kappa shape index (κ2) is 7.23. The number of hydrogen-bond acceptors (Lipinski definition) is 5. The molecule has 8 nitrogen and oxygen atoms in total. The third-order valence-corrected chi connectivity index (χ3v) is 6.10. The lowest BCUT2D eigenvalue weighted by molar-refractivity contribution is 0.0605. The molecule has 0 saturated carbocycles. The predicted octanol–water partition coefficient (Wildman–Crippen LogP) is 3.61. The van der Waals surface area contributed by atoms with Gasteiger partial charge in [-0.1, -0.05) is 11.6 Å². The summed E-state index contributed by atoms with van der Waals surface area (Å²) < 4.78 is 5.33. The molecule has 31 heavy (non-hydrogen) atoms. The van der Waals surface area contributed by atoms with E-state index < -0.39 is 5.54 Å². The number of ether oxygens (including phenoxy) is 1. The number of H-pyrrole nitrogens is 1. The number of carbonyl (C=O) groups excluding carboxylic acids is 1. The van der Waals surface area contributed by atoms with E-state index in [0.717, 1.165) is 41.0 Å². The molecule has 1 aliphatic rings. The van der Waals surface area contributed by atoms with Crippen LogP contribution in [0.25, 0.3) is 16.7 Å². The van der Waals surface area contributed by atoms with Crippen LogP contribution in [0.2, 0.25) is 0 Å². The van der Waals surface area contributed by atoms with E-state index in [9.17, 15) is 4.79 Å². The lowest BCUT2D eigenvalue weighted by Gasteiger charge is -2.34. The Labute approximate surface area is 179 Å². The molecule has 0 aliphatic carbocycles. The van der Waals surface area contributed by atoms with Gasteiger partial charge in [-0.05, 0) is 51.0 Å². The predicted molar refractivity (Wildman–Crippen MR) is 116 cm³/mol. The first-order valence-corrected chi connectivity index (χ1v) is 10.3. The molecule has 158 valence electrons. The van der Waals surface area contributed by atoms with Gasteiger partial charge in [0.05, 0.1) is 47.3 Å². The quantitative estimate of drug-likeness (QED) is 0.549. The number of imidazole rings is 1. The van der Waals surface area contributed by atoms with Crippen LogP contribution in [-0.2, 0) is 5.54 Å². The zero-order chi connectivity index (χ0) is 21.6. The van der Waals surface area contributed by atoms with Gasteiger partial charge < -0.3 is 14.6 Å². The highest BCUT2D eigenvalue weighted by Crippen LogP contribution is 2.39. The normalized spacial score (nSPS) is 18.6. The van der Waals surface area contributed by atoms with E-state index in [1.165, 1.54) is 4.80 Å². The van der Waals surface area contributed by atoms with Gasteiger partial charge in [-0.3, -0.25) is 4.79 Å². The number of aromatic nitrogens is 5. The molecule has 3 heterocycles. The fraction of sp³-hybridized carbons (Fsp3) is 0.304. The average Bonchev–Trinajstić information content (AvgIpc) is 3.52. The second-order valence-corrected chi connectivity index (χ2v) is 8.14. The molecule has 0 radical (unpaired) electrons. The van der Waals surface area contributed by atoms with E-state index in [2.05, 4.69) is 22.1 Å². The maximum atomic E-state index is 13.8. The van der Waals surface area contributed by atoms with Crippen LogP contribution >= 0.6 is 0 Å². The summed E-state index contributed by atoms with van der Waals surface area (Å²) in [5.41, 5.74) is 3.48. The van der Waals surface area contributed by atoms with Crippen LogP contribution in [0.1, 0.15) is 41.5 Å². The van der Waals surface area contributed by atoms with Gasteiger partial charge in [0.15, 0.2) is 0 Å². The number of carbonyl (C=O) groups is 1. The summed E-state index contributed by atoms with van der Waals surface area (Å²) in [4.78, 5) is 25.5. The number of benzene rings is 2. The van der Waals surface area contributed by atoms with E-state index in [4.69, 9.17) is 9.72 Å². The Kier molecular flexibility index (Phi) is 4.50. The van der Waals surface area contributed by atoms with Crippen molar-refractivity contribution in [2.45, 2.75) is 32.2 Å². The van der Waals surface area contributed by atoms with E-state index >= 15 is 0 Å². The Bertz CT molecular complexity index is 1260. The Morgan fingerprint density at radius 2 is 1.97 bits per heavy atom. The summed E-state index contributed by atoms with van der Waals surface area (Å²) in [7, 11) is 1.64. The van der Waals surface area contributed by atoms with Crippen LogP contribution in [-0.4, -0.2) is 49.4 Å².